The molecule has 2 N–H and O–H groups in total. The fourth-order valence-electron chi connectivity index (χ4n) is 1.42. The van der Waals surface area contributed by atoms with E-state index in [0.717, 1.165) is 13.0 Å². The molecular formula is C8H16N2O2. The van der Waals surface area contributed by atoms with E-state index in [1.807, 2.05) is 6.92 Å². The van der Waals surface area contributed by atoms with Gasteiger partial charge in [-0.1, -0.05) is 6.92 Å². The summed E-state index contributed by atoms with van der Waals surface area (Å²) in [5, 5.41) is 5.75. The van der Waals surface area contributed by atoms with Crippen molar-refractivity contribution in [3.8, 4) is 0 Å². The monoisotopic (exact) mass is 172 g/mol. The minimum absolute atomic E-state index is 0.0153. The second-order valence-electron chi connectivity index (χ2n) is 2.86. The van der Waals surface area contributed by atoms with Crippen molar-refractivity contribution in [2.24, 2.45) is 0 Å². The number of nitrogens with one attached hydrogen (secondary N) is 2. The zero-order valence-electron chi connectivity index (χ0n) is 7.59. The molecule has 0 aliphatic carbocycles. The van der Waals surface area contributed by atoms with Gasteiger partial charge >= 0.3 is 0 Å². The smallest absolute Gasteiger partial charge is 0.239 e. The van der Waals surface area contributed by atoms with Crippen molar-refractivity contribution in [2.75, 3.05) is 20.2 Å². The van der Waals surface area contributed by atoms with Crippen LogP contribution in [0.2, 0.25) is 0 Å². The molecule has 1 fully saturated rings. The Balaban J connectivity index is 2.52. The first-order chi connectivity index (χ1) is 5.79. The van der Waals surface area contributed by atoms with Crippen molar-refractivity contribution in [1.29, 1.82) is 0 Å². The Morgan fingerprint density at radius 2 is 2.50 bits per heavy atom. The van der Waals surface area contributed by atoms with Gasteiger partial charge in [0.05, 0.1) is 12.7 Å². The van der Waals surface area contributed by atoms with E-state index in [4.69, 9.17) is 4.74 Å². The Bertz CT molecular complexity index is 161. The lowest BCUT2D eigenvalue weighted by Gasteiger charge is -2.30. The highest BCUT2D eigenvalue weighted by molar-refractivity contribution is 5.82. The van der Waals surface area contributed by atoms with E-state index in [-0.39, 0.29) is 18.1 Å². The number of morpholine rings is 1. The minimum atomic E-state index is -0.172. The first-order valence-electron chi connectivity index (χ1n) is 4.36. The summed E-state index contributed by atoms with van der Waals surface area (Å²) in [6.07, 6.45) is 0.893. The van der Waals surface area contributed by atoms with Gasteiger partial charge in [-0.25, -0.2) is 0 Å². The van der Waals surface area contributed by atoms with Gasteiger partial charge in [-0.15, -0.1) is 0 Å². The molecule has 0 aromatic carbocycles. The van der Waals surface area contributed by atoms with Gasteiger partial charge in [0.1, 0.15) is 6.04 Å². The minimum Gasteiger partial charge on any atom is -0.375 e. The van der Waals surface area contributed by atoms with Gasteiger partial charge in [-0.05, 0) is 6.42 Å². The van der Waals surface area contributed by atoms with E-state index in [0.29, 0.717) is 6.61 Å². The first-order valence-corrected chi connectivity index (χ1v) is 4.36. The lowest BCUT2D eigenvalue weighted by atomic mass is 10.1. The molecular weight excluding hydrogens is 156 g/mol. The van der Waals surface area contributed by atoms with E-state index in [2.05, 4.69) is 10.6 Å². The maximum atomic E-state index is 11.3. The molecule has 2 atom stereocenters. The van der Waals surface area contributed by atoms with Crippen molar-refractivity contribution in [2.45, 2.75) is 25.5 Å². The van der Waals surface area contributed by atoms with Crippen molar-refractivity contribution in [3.05, 3.63) is 0 Å². The van der Waals surface area contributed by atoms with E-state index >= 15 is 0 Å². The predicted molar refractivity (Wildman–Crippen MR) is 45.9 cm³/mol. The Morgan fingerprint density at radius 1 is 1.75 bits per heavy atom. The van der Waals surface area contributed by atoms with E-state index < -0.39 is 0 Å². The summed E-state index contributed by atoms with van der Waals surface area (Å²) < 4.78 is 5.44. The van der Waals surface area contributed by atoms with Crippen molar-refractivity contribution >= 4 is 5.91 Å². The van der Waals surface area contributed by atoms with Crippen LogP contribution in [-0.2, 0) is 9.53 Å². The normalized spacial score (nSPS) is 29.8. The molecule has 1 saturated heterocycles. The molecule has 70 valence electrons. The fraction of sp³-hybridized carbons (Fsp3) is 0.875. The standard InChI is InChI=1S/C8H16N2O2/c1-3-6-7(8(11)9-2)10-4-5-12-6/h6-7,10H,3-5H2,1-2H3,(H,9,11). The van der Waals surface area contributed by atoms with Gasteiger partial charge in [0.15, 0.2) is 0 Å². The number of ether oxygens (including phenoxy) is 1. The van der Waals surface area contributed by atoms with Crippen LogP contribution in [-0.4, -0.2) is 38.3 Å². The summed E-state index contributed by atoms with van der Waals surface area (Å²) in [7, 11) is 1.64. The number of carbonyl (C=O) groups is 1. The number of amides is 1. The van der Waals surface area contributed by atoms with Crippen molar-refractivity contribution < 1.29 is 9.53 Å². The van der Waals surface area contributed by atoms with Gasteiger partial charge in [0.2, 0.25) is 5.91 Å². The molecule has 2 unspecified atom stereocenters. The third-order valence-corrected chi connectivity index (χ3v) is 2.10. The Hall–Kier alpha value is -0.610. The average Bonchev–Trinajstić information content (AvgIpc) is 2.16. The fourth-order valence-corrected chi connectivity index (χ4v) is 1.42. The molecule has 1 aliphatic heterocycles. The van der Waals surface area contributed by atoms with Crippen LogP contribution in [0.1, 0.15) is 13.3 Å². The van der Waals surface area contributed by atoms with Crippen LogP contribution >= 0.6 is 0 Å². The Kier molecular flexibility index (Phi) is 3.49. The molecule has 1 heterocycles. The molecule has 1 amide bonds. The van der Waals surface area contributed by atoms with Gasteiger partial charge in [-0.3, -0.25) is 4.79 Å². The lowest BCUT2D eigenvalue weighted by Crippen LogP contribution is -2.55. The maximum absolute atomic E-state index is 11.3. The molecule has 4 heteroatoms. The highest BCUT2D eigenvalue weighted by atomic mass is 16.5. The van der Waals surface area contributed by atoms with Gasteiger partial charge in [0.25, 0.3) is 0 Å². The third-order valence-electron chi connectivity index (χ3n) is 2.10. The maximum Gasteiger partial charge on any atom is 0.239 e. The zero-order chi connectivity index (χ0) is 8.97. The molecule has 0 aromatic heterocycles. The van der Waals surface area contributed by atoms with Gasteiger partial charge in [-0.2, -0.15) is 0 Å². The Labute approximate surface area is 72.7 Å². The summed E-state index contributed by atoms with van der Waals surface area (Å²) in [6, 6.07) is -0.172. The second-order valence-corrected chi connectivity index (χ2v) is 2.86. The highest BCUT2D eigenvalue weighted by Gasteiger charge is 2.29. The van der Waals surface area contributed by atoms with Gasteiger partial charge in [0, 0.05) is 13.6 Å². The van der Waals surface area contributed by atoms with Crippen LogP contribution in [0.25, 0.3) is 0 Å². The van der Waals surface area contributed by atoms with Crippen LogP contribution in [0.4, 0.5) is 0 Å². The van der Waals surface area contributed by atoms with Crippen LogP contribution in [0.3, 0.4) is 0 Å². The van der Waals surface area contributed by atoms with Crippen molar-refractivity contribution in [3.63, 3.8) is 0 Å². The molecule has 0 aromatic rings. The van der Waals surface area contributed by atoms with Crippen LogP contribution in [0, 0.1) is 0 Å². The molecule has 4 nitrogen and oxygen atoms in total. The average molecular weight is 172 g/mol. The summed E-state index contributed by atoms with van der Waals surface area (Å²) in [5.74, 6) is 0.0153. The molecule has 0 saturated carbocycles. The molecule has 0 spiro atoms. The Morgan fingerprint density at radius 3 is 3.08 bits per heavy atom. The first kappa shape index (κ1) is 9.48. The van der Waals surface area contributed by atoms with Crippen LogP contribution in [0.15, 0.2) is 0 Å². The SMILES string of the molecule is CCC1OCCNC1C(=O)NC. The summed E-state index contributed by atoms with van der Waals surface area (Å²) in [5.41, 5.74) is 0. The molecule has 1 aliphatic rings. The number of hydrogen-bond donors (Lipinski definition) is 2. The number of rotatable bonds is 2. The quantitative estimate of drug-likeness (QED) is 0.590. The molecule has 0 bridgehead atoms. The topological polar surface area (TPSA) is 50.4 Å². The van der Waals surface area contributed by atoms with Crippen LogP contribution in [0.5, 0.6) is 0 Å². The second kappa shape index (κ2) is 4.42. The highest BCUT2D eigenvalue weighted by Crippen LogP contribution is 2.08. The number of carbonyl (C=O) groups excluding carboxylic acids is 1. The van der Waals surface area contributed by atoms with Crippen molar-refractivity contribution in [1.82, 2.24) is 10.6 Å². The molecule has 1 rings (SSSR count). The van der Waals surface area contributed by atoms with Crippen LogP contribution < -0.4 is 10.6 Å². The molecule has 12 heavy (non-hydrogen) atoms. The molecule has 0 radical (unpaired) electrons. The number of likely N-dealkylation sites (N-methyl/N-ethyl adjacent to an activating group) is 1. The lowest BCUT2D eigenvalue weighted by molar-refractivity contribution is -0.129. The predicted octanol–water partition coefficient (Wildman–Crippen LogP) is -0.501. The largest absolute Gasteiger partial charge is 0.375 e. The zero-order valence-corrected chi connectivity index (χ0v) is 7.59. The van der Waals surface area contributed by atoms with Gasteiger partial charge < -0.3 is 15.4 Å². The third kappa shape index (κ3) is 1.95. The summed E-state index contributed by atoms with van der Waals surface area (Å²) in [6.45, 7) is 3.48. The summed E-state index contributed by atoms with van der Waals surface area (Å²) >= 11 is 0. The van der Waals surface area contributed by atoms with E-state index in [1.165, 1.54) is 0 Å². The van der Waals surface area contributed by atoms with E-state index in [9.17, 15) is 4.79 Å². The number of hydrogen-bond acceptors (Lipinski definition) is 3. The summed E-state index contributed by atoms with van der Waals surface area (Å²) in [4.78, 5) is 11.3. The van der Waals surface area contributed by atoms with E-state index in [1.54, 1.807) is 7.05 Å².